The first-order valence-electron chi connectivity index (χ1n) is 6.96. The zero-order valence-electron chi connectivity index (χ0n) is 12.1. The number of nitrogens with zero attached hydrogens (tertiary/aromatic N) is 3. The van der Waals surface area contributed by atoms with Gasteiger partial charge in [0.05, 0.1) is 13.2 Å². The van der Waals surface area contributed by atoms with Crippen LogP contribution in [0.4, 0.5) is 0 Å². The van der Waals surface area contributed by atoms with Gasteiger partial charge in [0.15, 0.2) is 5.82 Å². The Hall–Kier alpha value is -2.22. The number of nitrogens with two attached hydrogens (primary N) is 1. The maximum atomic E-state index is 11.5. The molecule has 1 aromatic carbocycles. The summed E-state index contributed by atoms with van der Waals surface area (Å²) in [6.07, 6.45) is 0.661. The van der Waals surface area contributed by atoms with Crippen LogP contribution in [-0.2, 0) is 9.53 Å². The number of esters is 1. The molecule has 7 nitrogen and oxygen atoms in total. The van der Waals surface area contributed by atoms with Crippen molar-refractivity contribution in [1.82, 2.24) is 14.9 Å². The van der Waals surface area contributed by atoms with Crippen LogP contribution in [-0.4, -0.2) is 39.3 Å². The Labute approximate surface area is 131 Å². The molecule has 0 amide bonds. The summed E-state index contributed by atoms with van der Waals surface area (Å²) in [7, 11) is 0. The molecule has 116 valence electrons. The van der Waals surface area contributed by atoms with Crippen molar-refractivity contribution >= 4 is 17.7 Å². The van der Waals surface area contributed by atoms with E-state index in [-0.39, 0.29) is 11.2 Å². The predicted molar refractivity (Wildman–Crippen MR) is 82.0 cm³/mol. The molecule has 22 heavy (non-hydrogen) atoms. The molecule has 0 aliphatic carbocycles. The summed E-state index contributed by atoms with van der Waals surface area (Å²) in [5, 5.41) is 8.39. The van der Waals surface area contributed by atoms with Crippen molar-refractivity contribution in [2.45, 2.75) is 23.8 Å². The first-order chi connectivity index (χ1) is 10.7. The summed E-state index contributed by atoms with van der Waals surface area (Å²) >= 11 is 1.28. The fraction of sp³-hybridized carbons (Fsp3) is 0.357. The molecule has 2 aromatic rings. The standard InChI is InChI=1S/C14H16N4O3S/c1-2-20-10-5-3-9(4-6-10)12-16-17-14(18(12)15)22-11-7-8-21-13(11)19/h3-6,11H,2,7-8,15H2,1H3/t11-/m1/s1. The van der Waals surface area contributed by atoms with E-state index in [9.17, 15) is 4.79 Å². The van der Waals surface area contributed by atoms with Crippen LogP contribution in [0.5, 0.6) is 5.75 Å². The van der Waals surface area contributed by atoms with Gasteiger partial charge in [-0.15, -0.1) is 10.2 Å². The first-order valence-corrected chi connectivity index (χ1v) is 7.84. The van der Waals surface area contributed by atoms with Crippen LogP contribution in [0.1, 0.15) is 13.3 Å². The lowest BCUT2D eigenvalue weighted by Crippen LogP contribution is -2.15. The first kappa shape index (κ1) is 14.7. The van der Waals surface area contributed by atoms with E-state index in [1.165, 1.54) is 16.4 Å². The highest BCUT2D eigenvalue weighted by Crippen LogP contribution is 2.29. The molecule has 8 heteroatoms. The number of carbonyl (C=O) groups excluding carboxylic acids is 1. The van der Waals surface area contributed by atoms with Gasteiger partial charge in [0.2, 0.25) is 5.16 Å². The number of hydrogen-bond donors (Lipinski definition) is 1. The van der Waals surface area contributed by atoms with E-state index in [1.807, 2.05) is 31.2 Å². The highest BCUT2D eigenvalue weighted by molar-refractivity contribution is 8.00. The maximum absolute atomic E-state index is 11.5. The summed E-state index contributed by atoms with van der Waals surface area (Å²) < 4.78 is 11.7. The van der Waals surface area contributed by atoms with Gasteiger partial charge in [-0.3, -0.25) is 4.79 Å². The summed E-state index contributed by atoms with van der Waals surface area (Å²) in [5.74, 6) is 7.15. The highest BCUT2D eigenvalue weighted by atomic mass is 32.2. The van der Waals surface area contributed by atoms with Crippen LogP contribution < -0.4 is 10.6 Å². The van der Waals surface area contributed by atoms with Crippen molar-refractivity contribution in [3.63, 3.8) is 0 Å². The van der Waals surface area contributed by atoms with Gasteiger partial charge in [0, 0.05) is 12.0 Å². The van der Waals surface area contributed by atoms with Gasteiger partial charge in [0.25, 0.3) is 0 Å². The quantitative estimate of drug-likeness (QED) is 0.658. The number of thioether (sulfide) groups is 1. The third-order valence-electron chi connectivity index (χ3n) is 3.22. The van der Waals surface area contributed by atoms with Crippen molar-refractivity contribution in [3.05, 3.63) is 24.3 Å². The van der Waals surface area contributed by atoms with Crippen molar-refractivity contribution in [3.8, 4) is 17.1 Å². The van der Waals surface area contributed by atoms with E-state index in [0.29, 0.717) is 30.6 Å². The molecule has 1 aromatic heterocycles. The minimum absolute atomic E-state index is 0.226. The Kier molecular flexibility index (Phi) is 4.19. The number of cyclic esters (lactones) is 1. The van der Waals surface area contributed by atoms with E-state index < -0.39 is 0 Å². The summed E-state index contributed by atoms with van der Waals surface area (Å²) in [6, 6.07) is 7.45. The van der Waals surface area contributed by atoms with Crippen molar-refractivity contribution in [1.29, 1.82) is 0 Å². The smallest absolute Gasteiger partial charge is 0.319 e. The molecule has 0 saturated carbocycles. The molecule has 1 aliphatic heterocycles. The van der Waals surface area contributed by atoms with Crippen LogP contribution in [0.25, 0.3) is 11.4 Å². The Morgan fingerprint density at radius 2 is 2.18 bits per heavy atom. The molecule has 1 aliphatic rings. The SMILES string of the molecule is CCOc1ccc(-c2nnc(S[C@@H]3CCOC3=O)n2N)cc1. The topological polar surface area (TPSA) is 92.3 Å². The molecule has 0 bridgehead atoms. The summed E-state index contributed by atoms with van der Waals surface area (Å²) in [4.78, 5) is 11.5. The van der Waals surface area contributed by atoms with Crippen molar-refractivity contribution in [2.24, 2.45) is 0 Å². The van der Waals surface area contributed by atoms with Gasteiger partial charge in [-0.1, -0.05) is 11.8 Å². The van der Waals surface area contributed by atoms with E-state index in [1.54, 1.807) is 0 Å². The van der Waals surface area contributed by atoms with Crippen LogP contribution in [0.15, 0.2) is 29.4 Å². The van der Waals surface area contributed by atoms with Gasteiger partial charge >= 0.3 is 5.97 Å². The second-order valence-electron chi connectivity index (χ2n) is 4.70. The van der Waals surface area contributed by atoms with Crippen LogP contribution >= 0.6 is 11.8 Å². The molecule has 2 N–H and O–H groups in total. The van der Waals surface area contributed by atoms with Gasteiger partial charge in [-0.25, -0.2) is 4.68 Å². The molecular formula is C14H16N4O3S. The lowest BCUT2D eigenvalue weighted by molar-refractivity contribution is -0.137. The second kappa shape index (κ2) is 6.27. The number of benzene rings is 1. The minimum atomic E-state index is -0.264. The van der Waals surface area contributed by atoms with Crippen LogP contribution in [0, 0.1) is 0 Å². The Bertz CT molecular complexity index is 671. The molecule has 0 spiro atoms. The van der Waals surface area contributed by atoms with Crippen molar-refractivity contribution in [2.75, 3.05) is 19.1 Å². The molecule has 3 rings (SSSR count). The Morgan fingerprint density at radius 3 is 2.82 bits per heavy atom. The van der Waals surface area contributed by atoms with Crippen LogP contribution in [0.3, 0.4) is 0 Å². The molecule has 1 atom stereocenters. The monoisotopic (exact) mass is 320 g/mol. The van der Waals surface area contributed by atoms with Crippen LogP contribution in [0.2, 0.25) is 0 Å². The summed E-state index contributed by atoms with van der Waals surface area (Å²) in [6.45, 7) is 2.99. The third-order valence-corrected chi connectivity index (χ3v) is 4.42. The Morgan fingerprint density at radius 1 is 1.41 bits per heavy atom. The molecule has 0 unspecified atom stereocenters. The largest absolute Gasteiger partial charge is 0.494 e. The molecule has 1 fully saturated rings. The van der Waals surface area contributed by atoms with Gasteiger partial charge in [0.1, 0.15) is 11.0 Å². The zero-order chi connectivity index (χ0) is 15.5. The lowest BCUT2D eigenvalue weighted by atomic mass is 10.2. The maximum Gasteiger partial charge on any atom is 0.319 e. The average Bonchev–Trinajstić information content (AvgIpc) is 3.08. The van der Waals surface area contributed by atoms with Crippen molar-refractivity contribution < 1.29 is 14.3 Å². The minimum Gasteiger partial charge on any atom is -0.494 e. The van der Waals surface area contributed by atoms with E-state index >= 15 is 0 Å². The lowest BCUT2D eigenvalue weighted by Gasteiger charge is -2.07. The van der Waals surface area contributed by atoms with E-state index in [4.69, 9.17) is 15.3 Å². The van der Waals surface area contributed by atoms with E-state index in [2.05, 4.69) is 10.2 Å². The number of ether oxygens (including phenoxy) is 2. The van der Waals surface area contributed by atoms with E-state index in [0.717, 1.165) is 11.3 Å². The number of carbonyl (C=O) groups is 1. The Balaban J connectivity index is 1.79. The number of nitrogen functional groups attached to an aromatic ring is 1. The molecule has 2 heterocycles. The summed E-state index contributed by atoms with van der Waals surface area (Å²) in [5.41, 5.74) is 0.833. The predicted octanol–water partition coefficient (Wildman–Crippen LogP) is 1.47. The number of hydrogen-bond acceptors (Lipinski definition) is 7. The van der Waals surface area contributed by atoms with Gasteiger partial charge in [-0.2, -0.15) is 0 Å². The molecule has 0 radical (unpaired) electrons. The highest BCUT2D eigenvalue weighted by Gasteiger charge is 2.29. The normalized spacial score (nSPS) is 17.5. The molecular weight excluding hydrogens is 304 g/mol. The third kappa shape index (κ3) is 2.87. The molecule has 1 saturated heterocycles. The van der Waals surface area contributed by atoms with Gasteiger partial charge < -0.3 is 15.3 Å². The number of aromatic nitrogens is 3. The number of rotatable bonds is 5. The second-order valence-corrected chi connectivity index (χ2v) is 5.87. The van der Waals surface area contributed by atoms with Gasteiger partial charge in [-0.05, 0) is 31.2 Å². The average molecular weight is 320 g/mol. The zero-order valence-corrected chi connectivity index (χ0v) is 12.9. The fourth-order valence-electron chi connectivity index (χ4n) is 2.13. The fourth-order valence-corrected chi connectivity index (χ4v) is 3.05.